The van der Waals surface area contributed by atoms with E-state index < -0.39 is 6.10 Å². The van der Waals surface area contributed by atoms with Crippen LogP contribution in [0.1, 0.15) is 43.2 Å². The number of para-hydroxylation sites is 1. The maximum absolute atomic E-state index is 9.99. The first kappa shape index (κ1) is 23.8. The second-order valence-electron chi connectivity index (χ2n) is 10.6. The maximum Gasteiger partial charge on any atom is 0.224 e. The summed E-state index contributed by atoms with van der Waals surface area (Å²) in [5.41, 5.74) is 1.35. The SMILES string of the molecule is N#Cc1cnc(NCc2ccccc2O)nc1NC[C@@]12CC3C[C@H](C1)[C@@H](NC[C@H](O)CO)[C@@H](C3)C2. The molecule has 2 aromatic rings. The molecule has 0 aliphatic heterocycles. The number of aromatic hydroxyl groups is 1. The monoisotopic (exact) mass is 478 g/mol. The molecule has 1 heterocycles. The van der Waals surface area contributed by atoms with Gasteiger partial charge in [-0.25, -0.2) is 4.98 Å². The van der Waals surface area contributed by atoms with Gasteiger partial charge < -0.3 is 31.3 Å². The summed E-state index contributed by atoms with van der Waals surface area (Å²) < 4.78 is 0. The molecule has 1 unspecified atom stereocenters. The van der Waals surface area contributed by atoms with Crippen molar-refractivity contribution in [1.29, 1.82) is 5.26 Å². The van der Waals surface area contributed by atoms with Gasteiger partial charge in [-0.1, -0.05) is 18.2 Å². The molecular formula is C26H34N6O3. The lowest BCUT2D eigenvalue weighted by molar-refractivity contribution is -0.0719. The lowest BCUT2D eigenvalue weighted by atomic mass is 9.48. The molecule has 4 fully saturated rings. The van der Waals surface area contributed by atoms with Gasteiger partial charge in [-0.3, -0.25) is 0 Å². The van der Waals surface area contributed by atoms with Crippen molar-refractivity contribution in [2.75, 3.05) is 30.3 Å². The van der Waals surface area contributed by atoms with Crippen LogP contribution < -0.4 is 16.0 Å². The van der Waals surface area contributed by atoms with E-state index in [0.717, 1.165) is 30.9 Å². The van der Waals surface area contributed by atoms with Gasteiger partial charge >= 0.3 is 0 Å². The molecule has 4 aliphatic rings. The van der Waals surface area contributed by atoms with Gasteiger partial charge in [0.15, 0.2) is 0 Å². The van der Waals surface area contributed by atoms with Gasteiger partial charge in [-0.05, 0) is 61.3 Å². The Balaban J connectivity index is 1.24. The van der Waals surface area contributed by atoms with Crippen molar-refractivity contribution in [1.82, 2.24) is 15.3 Å². The fourth-order valence-electron chi connectivity index (χ4n) is 6.87. The first-order valence-electron chi connectivity index (χ1n) is 12.5. The van der Waals surface area contributed by atoms with E-state index >= 15 is 0 Å². The van der Waals surface area contributed by atoms with Crippen LogP contribution in [0.25, 0.3) is 0 Å². The van der Waals surface area contributed by atoms with Gasteiger partial charge in [-0.2, -0.15) is 10.2 Å². The number of nitrogens with one attached hydrogen (secondary N) is 3. The molecule has 1 aromatic heterocycles. The highest BCUT2D eigenvalue weighted by molar-refractivity contribution is 5.53. The van der Waals surface area contributed by atoms with Crippen LogP contribution in [0.15, 0.2) is 30.5 Å². The van der Waals surface area contributed by atoms with Gasteiger partial charge in [0.05, 0.1) is 18.9 Å². The highest BCUT2D eigenvalue weighted by Gasteiger charge is 2.55. The fourth-order valence-corrected chi connectivity index (χ4v) is 6.87. The number of phenols is 1. The zero-order chi connectivity index (χ0) is 24.4. The van der Waals surface area contributed by atoms with Crippen LogP contribution in [0.2, 0.25) is 0 Å². The van der Waals surface area contributed by atoms with Crippen LogP contribution in [0.5, 0.6) is 5.75 Å². The first-order chi connectivity index (χ1) is 17.0. The van der Waals surface area contributed by atoms with Gasteiger partial charge in [0, 0.05) is 31.2 Å². The van der Waals surface area contributed by atoms with Crippen LogP contribution in [-0.2, 0) is 6.54 Å². The van der Waals surface area contributed by atoms with Crippen LogP contribution in [0, 0.1) is 34.5 Å². The van der Waals surface area contributed by atoms with E-state index in [9.17, 15) is 15.5 Å². The predicted octanol–water partition coefficient (Wildman–Crippen LogP) is 2.22. The number of nitrogens with zero attached hydrogens (tertiary/aromatic N) is 3. The average molecular weight is 479 g/mol. The van der Waals surface area contributed by atoms with Gasteiger partial charge in [0.1, 0.15) is 23.2 Å². The van der Waals surface area contributed by atoms with Crippen LogP contribution in [-0.4, -0.2) is 57.1 Å². The van der Waals surface area contributed by atoms with E-state index in [-0.39, 0.29) is 17.8 Å². The molecule has 4 aliphatic carbocycles. The number of anilines is 2. The maximum atomic E-state index is 9.99. The van der Waals surface area contributed by atoms with E-state index in [2.05, 4.69) is 32.0 Å². The molecule has 6 rings (SSSR count). The Hall–Kier alpha value is -2.93. The van der Waals surface area contributed by atoms with E-state index in [1.807, 2.05) is 12.1 Å². The van der Waals surface area contributed by atoms with E-state index in [4.69, 9.17) is 5.11 Å². The molecule has 9 nitrogen and oxygen atoms in total. The first-order valence-corrected chi connectivity index (χ1v) is 12.5. The molecule has 0 spiro atoms. The Labute approximate surface area is 205 Å². The van der Waals surface area contributed by atoms with Crippen LogP contribution in [0.3, 0.4) is 0 Å². The number of hydrogen-bond acceptors (Lipinski definition) is 9. The Kier molecular flexibility index (Phi) is 6.78. The number of aromatic nitrogens is 2. The second kappa shape index (κ2) is 9.97. The van der Waals surface area contributed by atoms with Crippen molar-refractivity contribution < 1.29 is 15.3 Å². The summed E-state index contributed by atoms with van der Waals surface area (Å²) in [7, 11) is 0. The summed E-state index contributed by atoms with van der Waals surface area (Å²) in [4.78, 5) is 8.85. The third-order valence-electron chi connectivity index (χ3n) is 8.17. The third-order valence-corrected chi connectivity index (χ3v) is 8.17. The van der Waals surface area contributed by atoms with Crippen molar-refractivity contribution in [2.45, 2.75) is 50.8 Å². The number of aliphatic hydroxyl groups is 2. The summed E-state index contributed by atoms with van der Waals surface area (Å²) in [6, 6.07) is 9.72. The highest BCUT2D eigenvalue weighted by atomic mass is 16.3. The summed E-state index contributed by atoms with van der Waals surface area (Å²) in [6.07, 6.45) is 6.71. The van der Waals surface area contributed by atoms with Crippen molar-refractivity contribution in [2.24, 2.45) is 23.2 Å². The largest absolute Gasteiger partial charge is 0.508 e. The number of nitriles is 1. The molecule has 0 amide bonds. The van der Waals surface area contributed by atoms with Crippen LogP contribution in [0.4, 0.5) is 11.8 Å². The number of benzene rings is 1. The lowest BCUT2D eigenvalue weighted by Gasteiger charge is -2.60. The lowest BCUT2D eigenvalue weighted by Crippen LogP contribution is -2.60. The standard InChI is InChI=1S/C26H34N6O3/c27-10-20-12-30-25(29-11-17-3-1-2-4-22(17)35)32-24(20)31-15-26-7-16-5-18(8-26)23(19(6-16)9-26)28-13-21(34)14-33/h1-4,12,16,18-19,21,23,28,33-35H,5-9,11,13-15H2,(H2,29,30,31,32)/t16?,18-,19+,21-,23-,26+/m0/s1. The minimum Gasteiger partial charge on any atom is -0.508 e. The van der Waals surface area contributed by atoms with E-state index in [1.54, 1.807) is 12.1 Å². The predicted molar refractivity (Wildman–Crippen MR) is 132 cm³/mol. The molecule has 1 aromatic carbocycles. The molecule has 35 heavy (non-hydrogen) atoms. The second-order valence-corrected chi connectivity index (χ2v) is 10.6. The summed E-state index contributed by atoms with van der Waals surface area (Å²) >= 11 is 0. The third kappa shape index (κ3) is 5.06. The molecule has 186 valence electrons. The fraction of sp³-hybridized carbons (Fsp3) is 0.577. The molecule has 0 radical (unpaired) electrons. The Bertz CT molecular complexity index is 1070. The van der Waals surface area contributed by atoms with E-state index in [1.165, 1.54) is 25.5 Å². The molecule has 6 atom stereocenters. The Morgan fingerprint density at radius 2 is 1.91 bits per heavy atom. The van der Waals surface area contributed by atoms with E-state index in [0.29, 0.717) is 48.3 Å². The smallest absolute Gasteiger partial charge is 0.224 e. The number of aliphatic hydroxyl groups excluding tert-OH is 2. The molecule has 0 saturated heterocycles. The number of hydrogen-bond donors (Lipinski definition) is 6. The minimum absolute atomic E-state index is 0.186. The quantitative estimate of drug-likeness (QED) is 0.302. The summed E-state index contributed by atoms with van der Waals surface area (Å²) in [5, 5.41) is 48.7. The topological polar surface area (TPSA) is 146 Å². The number of rotatable bonds is 10. The van der Waals surface area contributed by atoms with Crippen molar-refractivity contribution in [3.63, 3.8) is 0 Å². The molecular weight excluding hydrogens is 444 g/mol. The van der Waals surface area contributed by atoms with Gasteiger partial charge in [-0.15, -0.1) is 0 Å². The van der Waals surface area contributed by atoms with Crippen molar-refractivity contribution in [3.05, 3.63) is 41.6 Å². The normalized spacial score (nSPS) is 29.5. The Morgan fingerprint density at radius 1 is 1.14 bits per heavy atom. The van der Waals surface area contributed by atoms with Crippen LogP contribution >= 0.6 is 0 Å². The van der Waals surface area contributed by atoms with Gasteiger partial charge in [0.25, 0.3) is 0 Å². The van der Waals surface area contributed by atoms with Crippen molar-refractivity contribution >= 4 is 11.8 Å². The number of phenolic OH excluding ortho intramolecular Hbond substituents is 1. The molecule has 6 N–H and O–H groups in total. The average Bonchev–Trinajstić information content (AvgIpc) is 2.86. The molecule has 4 bridgehead atoms. The Morgan fingerprint density at radius 3 is 2.63 bits per heavy atom. The summed E-state index contributed by atoms with van der Waals surface area (Å²) in [6.45, 7) is 1.38. The molecule has 9 heteroatoms. The molecule has 4 saturated carbocycles. The van der Waals surface area contributed by atoms with Crippen molar-refractivity contribution in [3.8, 4) is 11.8 Å². The highest BCUT2D eigenvalue weighted by Crippen LogP contribution is 2.60. The zero-order valence-corrected chi connectivity index (χ0v) is 19.8. The summed E-state index contributed by atoms with van der Waals surface area (Å²) in [5.74, 6) is 3.04. The minimum atomic E-state index is -0.710. The van der Waals surface area contributed by atoms with Gasteiger partial charge in [0.2, 0.25) is 5.95 Å². The zero-order valence-electron chi connectivity index (χ0n) is 19.8.